The summed E-state index contributed by atoms with van der Waals surface area (Å²) in [7, 11) is 0. The molecule has 2 heterocycles. The van der Waals surface area contributed by atoms with Crippen LogP contribution in [0, 0.1) is 0 Å². The third-order valence-electron chi connectivity index (χ3n) is 2.24. The summed E-state index contributed by atoms with van der Waals surface area (Å²) in [4.78, 5) is 22.2. The highest BCUT2D eigenvalue weighted by Gasteiger charge is 2.50. The van der Waals surface area contributed by atoms with Crippen molar-refractivity contribution >= 4 is 34.8 Å². The van der Waals surface area contributed by atoms with Crippen LogP contribution < -0.4 is 10.6 Å². The van der Waals surface area contributed by atoms with Crippen molar-refractivity contribution in [2.24, 2.45) is 0 Å². The van der Waals surface area contributed by atoms with Crippen molar-refractivity contribution < 1.29 is 9.59 Å². The number of halogens is 1. The Morgan fingerprint density at radius 1 is 1.50 bits per heavy atom. The molecule has 0 unspecified atom stereocenters. The second kappa shape index (κ2) is 2.56. The molecule has 0 saturated carbocycles. The Kier molecular flexibility index (Phi) is 1.76. The highest BCUT2D eigenvalue weighted by atomic mass is 127. The number of imide groups is 1. The number of hydrogen-bond donors (Lipinski definition) is 2. The van der Waals surface area contributed by atoms with Crippen LogP contribution in [-0.4, -0.2) is 33.7 Å². The van der Waals surface area contributed by atoms with Gasteiger partial charge in [-0.25, -0.2) is 7.91 Å². The van der Waals surface area contributed by atoms with Gasteiger partial charge in [0.15, 0.2) is 0 Å². The average Bonchev–Trinajstić information content (AvgIpc) is 2.43. The van der Waals surface area contributed by atoms with Gasteiger partial charge in [0.05, 0.1) is 0 Å². The number of nitrogens with zero attached hydrogens (tertiary/aromatic N) is 1. The monoisotopic (exact) mass is 281 g/mol. The fourth-order valence-corrected chi connectivity index (χ4v) is 2.40. The molecule has 3 amide bonds. The topological polar surface area (TPSA) is 61.4 Å². The molecule has 0 aromatic rings. The molecule has 2 N–H and O–H groups in total. The summed E-state index contributed by atoms with van der Waals surface area (Å²) in [6.07, 6.45) is 0.702. The maximum absolute atomic E-state index is 11.3. The molecular weight excluding hydrogens is 273 g/mol. The minimum Gasteiger partial charge on any atom is -0.322 e. The Balaban J connectivity index is 2.22. The first-order valence-electron chi connectivity index (χ1n) is 3.67. The van der Waals surface area contributed by atoms with Crippen LogP contribution in [0.1, 0.15) is 6.42 Å². The molecule has 0 aromatic heterocycles. The summed E-state index contributed by atoms with van der Waals surface area (Å²) < 4.78 is 2.00. The number of hydrogen-bond acceptors (Lipinski definition) is 3. The van der Waals surface area contributed by atoms with Gasteiger partial charge in [0.1, 0.15) is 5.54 Å². The number of carbonyl (C=O) groups excluding carboxylic acids is 2. The number of amides is 3. The highest BCUT2D eigenvalue weighted by Crippen LogP contribution is 2.26. The molecule has 2 saturated heterocycles. The SMILES string of the molecule is O=C1NC(=O)[C@@]2(CCN(I)C2)N1. The Hall–Kier alpha value is -0.370. The molecule has 0 radical (unpaired) electrons. The lowest BCUT2D eigenvalue weighted by Crippen LogP contribution is -2.48. The Morgan fingerprint density at radius 2 is 2.25 bits per heavy atom. The Bertz CT molecular complexity index is 257. The molecule has 0 bridgehead atoms. The standard InChI is InChI=1S/C6H8IN3O2/c7-10-2-1-6(3-10)4(11)8-5(12)9-6/h1-3H2,(H2,8,9,11,12)/t6-/m0/s1. The van der Waals surface area contributed by atoms with Gasteiger partial charge in [0, 0.05) is 36.0 Å². The normalized spacial score (nSPS) is 35.8. The Morgan fingerprint density at radius 3 is 2.67 bits per heavy atom. The van der Waals surface area contributed by atoms with Gasteiger partial charge in [-0.1, -0.05) is 0 Å². The van der Waals surface area contributed by atoms with Crippen LogP contribution in [0.5, 0.6) is 0 Å². The zero-order chi connectivity index (χ0) is 8.77. The van der Waals surface area contributed by atoms with E-state index in [-0.39, 0.29) is 11.9 Å². The van der Waals surface area contributed by atoms with E-state index in [9.17, 15) is 9.59 Å². The van der Waals surface area contributed by atoms with E-state index in [4.69, 9.17) is 0 Å². The summed E-state index contributed by atoms with van der Waals surface area (Å²) >= 11 is 2.15. The van der Waals surface area contributed by atoms with Crippen molar-refractivity contribution in [2.75, 3.05) is 13.1 Å². The van der Waals surface area contributed by atoms with Gasteiger partial charge >= 0.3 is 6.03 Å². The molecular formula is C6H8IN3O2. The summed E-state index contributed by atoms with van der Waals surface area (Å²) in [5.74, 6) is -0.188. The van der Waals surface area contributed by atoms with E-state index in [1.807, 2.05) is 3.11 Å². The lowest BCUT2D eigenvalue weighted by atomic mass is 10.00. The van der Waals surface area contributed by atoms with E-state index in [0.29, 0.717) is 13.0 Å². The third kappa shape index (κ3) is 1.09. The lowest BCUT2D eigenvalue weighted by Gasteiger charge is -2.17. The van der Waals surface area contributed by atoms with E-state index >= 15 is 0 Å². The minimum absolute atomic E-state index is 0.188. The third-order valence-corrected chi connectivity index (χ3v) is 3.06. The van der Waals surface area contributed by atoms with Crippen LogP contribution in [0.3, 0.4) is 0 Å². The second-order valence-corrected chi connectivity index (χ2v) is 4.45. The van der Waals surface area contributed by atoms with E-state index in [2.05, 4.69) is 33.5 Å². The maximum Gasteiger partial charge on any atom is 0.322 e. The first kappa shape index (κ1) is 8.24. The van der Waals surface area contributed by atoms with Gasteiger partial charge in [-0.15, -0.1) is 0 Å². The number of nitrogens with one attached hydrogen (secondary N) is 2. The van der Waals surface area contributed by atoms with E-state index in [1.165, 1.54) is 0 Å². The van der Waals surface area contributed by atoms with Gasteiger partial charge in [0.2, 0.25) is 0 Å². The predicted molar refractivity (Wildman–Crippen MR) is 49.6 cm³/mol. The minimum atomic E-state index is -0.641. The largest absolute Gasteiger partial charge is 0.322 e. The number of carbonyl (C=O) groups is 2. The maximum atomic E-state index is 11.3. The highest BCUT2D eigenvalue weighted by molar-refractivity contribution is 14.1. The summed E-state index contributed by atoms with van der Waals surface area (Å²) in [5, 5.41) is 4.91. The van der Waals surface area contributed by atoms with Crippen molar-refractivity contribution in [2.45, 2.75) is 12.0 Å². The van der Waals surface area contributed by atoms with Crippen LogP contribution in [0.15, 0.2) is 0 Å². The van der Waals surface area contributed by atoms with E-state index in [1.54, 1.807) is 0 Å². The average molecular weight is 281 g/mol. The zero-order valence-corrected chi connectivity index (χ0v) is 8.42. The van der Waals surface area contributed by atoms with Crippen molar-refractivity contribution in [1.82, 2.24) is 13.7 Å². The van der Waals surface area contributed by atoms with Gasteiger partial charge in [-0.05, 0) is 6.42 Å². The summed E-state index contributed by atoms with van der Waals surface area (Å²) in [6.45, 7) is 1.44. The smallest absolute Gasteiger partial charge is 0.322 e. The molecule has 2 rings (SSSR count). The molecule has 2 fully saturated rings. The molecule has 1 spiro atoms. The quantitative estimate of drug-likeness (QED) is 0.361. The van der Waals surface area contributed by atoms with Crippen LogP contribution in [0.2, 0.25) is 0 Å². The van der Waals surface area contributed by atoms with Gasteiger partial charge in [0.25, 0.3) is 5.91 Å². The van der Waals surface area contributed by atoms with Crippen molar-refractivity contribution in [3.8, 4) is 0 Å². The molecule has 5 nitrogen and oxygen atoms in total. The molecule has 0 aromatic carbocycles. The molecule has 66 valence electrons. The first-order chi connectivity index (χ1) is 5.62. The van der Waals surface area contributed by atoms with Gasteiger partial charge < -0.3 is 5.32 Å². The van der Waals surface area contributed by atoms with Gasteiger partial charge in [-0.2, -0.15) is 0 Å². The van der Waals surface area contributed by atoms with Crippen LogP contribution in [0.4, 0.5) is 4.79 Å². The van der Waals surface area contributed by atoms with E-state index < -0.39 is 5.54 Å². The fourth-order valence-electron chi connectivity index (χ4n) is 1.58. The predicted octanol–water partition coefficient (Wildman–Crippen LogP) is -0.380. The molecule has 0 aliphatic carbocycles. The Labute approximate surface area is 83.4 Å². The van der Waals surface area contributed by atoms with Crippen LogP contribution in [-0.2, 0) is 4.79 Å². The molecule has 1 atom stereocenters. The molecule has 2 aliphatic heterocycles. The van der Waals surface area contributed by atoms with E-state index in [0.717, 1.165) is 6.54 Å². The zero-order valence-electron chi connectivity index (χ0n) is 6.26. The molecule has 2 aliphatic rings. The number of rotatable bonds is 0. The first-order valence-corrected chi connectivity index (χ1v) is 4.63. The number of urea groups is 1. The van der Waals surface area contributed by atoms with Crippen molar-refractivity contribution in [3.63, 3.8) is 0 Å². The van der Waals surface area contributed by atoms with Crippen molar-refractivity contribution in [1.29, 1.82) is 0 Å². The van der Waals surface area contributed by atoms with Crippen LogP contribution >= 0.6 is 22.9 Å². The second-order valence-electron chi connectivity index (χ2n) is 3.08. The van der Waals surface area contributed by atoms with Crippen molar-refractivity contribution in [3.05, 3.63) is 0 Å². The fraction of sp³-hybridized carbons (Fsp3) is 0.667. The lowest BCUT2D eigenvalue weighted by molar-refractivity contribution is -0.123. The summed E-state index contributed by atoms with van der Waals surface area (Å²) in [5.41, 5.74) is -0.641. The van der Waals surface area contributed by atoms with Crippen LogP contribution in [0.25, 0.3) is 0 Å². The molecule has 12 heavy (non-hydrogen) atoms. The van der Waals surface area contributed by atoms with Gasteiger partial charge in [-0.3, -0.25) is 10.1 Å². The molecule has 6 heteroatoms. The summed E-state index contributed by atoms with van der Waals surface area (Å²) in [6, 6.07) is -0.369.